The molecular weight excluding hydrogens is 380 g/mol. The Morgan fingerprint density at radius 2 is 1.97 bits per heavy atom. The van der Waals surface area contributed by atoms with Crippen LogP contribution in [-0.4, -0.2) is 37.8 Å². The number of carbonyl (C=O) groups excluding carboxylic acids is 1. The van der Waals surface area contributed by atoms with Gasteiger partial charge >= 0.3 is 0 Å². The van der Waals surface area contributed by atoms with E-state index < -0.39 is 12.0 Å². The largest absolute Gasteiger partial charge is 0.507 e. The summed E-state index contributed by atoms with van der Waals surface area (Å²) in [6.07, 6.45) is 3.85. The van der Waals surface area contributed by atoms with E-state index in [1.54, 1.807) is 6.07 Å². The molecule has 1 aromatic heterocycles. The van der Waals surface area contributed by atoms with Crippen LogP contribution < -0.4 is 11.1 Å². The number of aliphatic hydroxyl groups is 1. The van der Waals surface area contributed by atoms with Crippen molar-refractivity contribution in [3.63, 3.8) is 0 Å². The molecule has 0 saturated heterocycles. The predicted octanol–water partition coefficient (Wildman–Crippen LogP) is 2.85. The number of nitrogens with one attached hydrogen (secondary N) is 1. The first kappa shape index (κ1) is 21.5. The van der Waals surface area contributed by atoms with E-state index in [1.165, 1.54) is 12.1 Å². The summed E-state index contributed by atoms with van der Waals surface area (Å²) >= 11 is 0. The molecular formula is C23H28N4O3. The second-order valence-corrected chi connectivity index (χ2v) is 8.03. The van der Waals surface area contributed by atoms with Crippen LogP contribution in [0, 0.1) is 0 Å². The molecule has 0 aliphatic heterocycles. The number of nitrogens with zero attached hydrogens (tertiary/aromatic N) is 2. The Labute approximate surface area is 176 Å². The Balaban J connectivity index is 1.55. The fraction of sp³-hybridized carbons (Fsp3) is 0.304. The molecule has 0 saturated carbocycles. The molecule has 1 atom stereocenters. The third-order valence-electron chi connectivity index (χ3n) is 5.14. The first-order chi connectivity index (χ1) is 14.2. The predicted molar refractivity (Wildman–Crippen MR) is 116 cm³/mol. The number of aryl methyl sites for hydroxylation is 1. The van der Waals surface area contributed by atoms with E-state index in [1.807, 2.05) is 42.9 Å². The van der Waals surface area contributed by atoms with Gasteiger partial charge in [0.05, 0.1) is 23.7 Å². The summed E-state index contributed by atoms with van der Waals surface area (Å²) < 4.78 is 2.06. The van der Waals surface area contributed by atoms with Gasteiger partial charge < -0.3 is 25.8 Å². The monoisotopic (exact) mass is 408 g/mol. The number of rotatable bonds is 9. The Hall–Kier alpha value is -3.16. The highest BCUT2D eigenvalue weighted by molar-refractivity contribution is 5.95. The Bertz CT molecular complexity index is 999. The second kappa shape index (κ2) is 9.11. The third kappa shape index (κ3) is 5.46. The summed E-state index contributed by atoms with van der Waals surface area (Å²) in [5.74, 6) is -0.924. The molecule has 3 rings (SSSR count). The van der Waals surface area contributed by atoms with E-state index in [4.69, 9.17) is 5.73 Å². The van der Waals surface area contributed by atoms with E-state index >= 15 is 0 Å². The lowest BCUT2D eigenvalue weighted by atomic mass is 9.99. The number of carbonyl (C=O) groups is 1. The summed E-state index contributed by atoms with van der Waals surface area (Å²) in [6, 6.07) is 14.4. The summed E-state index contributed by atoms with van der Waals surface area (Å²) in [5.41, 5.74) is 7.57. The Morgan fingerprint density at radius 3 is 2.67 bits per heavy atom. The molecule has 0 aliphatic rings. The van der Waals surface area contributed by atoms with Crippen molar-refractivity contribution >= 4 is 5.91 Å². The number of hydrogen-bond donors (Lipinski definition) is 4. The van der Waals surface area contributed by atoms with Crippen LogP contribution in [0.5, 0.6) is 5.75 Å². The van der Waals surface area contributed by atoms with Crippen LogP contribution in [0.2, 0.25) is 0 Å². The number of benzene rings is 2. The van der Waals surface area contributed by atoms with E-state index in [2.05, 4.69) is 28.7 Å². The summed E-state index contributed by atoms with van der Waals surface area (Å²) in [7, 11) is 0. The Kier molecular flexibility index (Phi) is 6.54. The van der Waals surface area contributed by atoms with Crippen molar-refractivity contribution < 1.29 is 15.0 Å². The standard InChI is InChI=1S/C23H28N4O3/c1-23(2,10-11-27-14-19(25-15-27)16-6-4-3-5-7-16)26-13-21(29)17-8-9-20(28)18(12-17)22(24)30/h3-9,12,14-15,21,26,28-29H,10-11,13H2,1-2H3,(H2,24,30). The van der Waals surface area contributed by atoms with Crippen LogP contribution in [0.25, 0.3) is 11.3 Å². The first-order valence-corrected chi connectivity index (χ1v) is 9.88. The van der Waals surface area contributed by atoms with Crippen molar-refractivity contribution in [3.8, 4) is 17.0 Å². The molecule has 7 heteroatoms. The molecule has 1 heterocycles. The van der Waals surface area contributed by atoms with Gasteiger partial charge in [-0.2, -0.15) is 0 Å². The van der Waals surface area contributed by atoms with E-state index in [9.17, 15) is 15.0 Å². The van der Waals surface area contributed by atoms with Crippen LogP contribution in [0.15, 0.2) is 61.1 Å². The highest BCUT2D eigenvalue weighted by Crippen LogP contribution is 2.23. The average Bonchev–Trinajstić information content (AvgIpc) is 3.21. The smallest absolute Gasteiger partial charge is 0.252 e. The fourth-order valence-electron chi connectivity index (χ4n) is 3.19. The number of imidazole rings is 1. The number of nitrogens with two attached hydrogens (primary N) is 1. The lowest BCUT2D eigenvalue weighted by molar-refractivity contribution is 0.0997. The van der Waals surface area contributed by atoms with Gasteiger partial charge in [-0.25, -0.2) is 4.98 Å². The molecule has 1 amide bonds. The number of aliphatic hydroxyl groups excluding tert-OH is 1. The topological polar surface area (TPSA) is 113 Å². The van der Waals surface area contributed by atoms with Gasteiger partial charge in [-0.1, -0.05) is 36.4 Å². The number of aromatic hydroxyl groups is 1. The first-order valence-electron chi connectivity index (χ1n) is 9.88. The summed E-state index contributed by atoms with van der Waals surface area (Å²) in [5, 5.41) is 23.5. The van der Waals surface area contributed by atoms with Crippen LogP contribution >= 0.6 is 0 Å². The van der Waals surface area contributed by atoms with Gasteiger partial charge in [0.15, 0.2) is 0 Å². The van der Waals surface area contributed by atoms with E-state index in [0.717, 1.165) is 24.2 Å². The van der Waals surface area contributed by atoms with Crippen LogP contribution in [0.1, 0.15) is 42.3 Å². The number of aromatic nitrogens is 2. The SMILES string of the molecule is CC(C)(CCn1cnc(-c2ccccc2)c1)NCC(O)c1ccc(O)c(C(N)=O)c1. The molecule has 158 valence electrons. The van der Waals surface area contributed by atoms with Crippen LogP contribution in [0.4, 0.5) is 0 Å². The van der Waals surface area contributed by atoms with Gasteiger partial charge in [-0.3, -0.25) is 4.79 Å². The van der Waals surface area contributed by atoms with Crippen molar-refractivity contribution in [3.05, 3.63) is 72.2 Å². The molecule has 3 aromatic rings. The molecule has 2 aromatic carbocycles. The summed E-state index contributed by atoms with van der Waals surface area (Å²) in [4.78, 5) is 15.9. The molecule has 0 fully saturated rings. The van der Waals surface area contributed by atoms with Crippen molar-refractivity contribution in [2.45, 2.75) is 38.5 Å². The van der Waals surface area contributed by atoms with Gasteiger partial charge in [0.2, 0.25) is 0 Å². The van der Waals surface area contributed by atoms with Gasteiger partial charge in [0.25, 0.3) is 5.91 Å². The van der Waals surface area contributed by atoms with Crippen molar-refractivity contribution in [2.24, 2.45) is 5.73 Å². The quantitative estimate of drug-likeness (QED) is 0.435. The zero-order valence-corrected chi connectivity index (χ0v) is 17.2. The zero-order chi connectivity index (χ0) is 21.7. The number of phenols is 1. The highest BCUT2D eigenvalue weighted by atomic mass is 16.3. The maximum Gasteiger partial charge on any atom is 0.252 e. The van der Waals surface area contributed by atoms with Crippen molar-refractivity contribution in [1.82, 2.24) is 14.9 Å². The fourth-order valence-corrected chi connectivity index (χ4v) is 3.19. The normalized spacial score (nSPS) is 12.6. The number of amides is 1. The lowest BCUT2D eigenvalue weighted by Gasteiger charge is -2.28. The third-order valence-corrected chi connectivity index (χ3v) is 5.14. The van der Waals surface area contributed by atoms with Crippen molar-refractivity contribution in [1.29, 1.82) is 0 Å². The molecule has 0 spiro atoms. The lowest BCUT2D eigenvalue weighted by Crippen LogP contribution is -2.42. The average molecular weight is 409 g/mol. The molecule has 30 heavy (non-hydrogen) atoms. The molecule has 1 unspecified atom stereocenters. The highest BCUT2D eigenvalue weighted by Gasteiger charge is 2.20. The van der Waals surface area contributed by atoms with Gasteiger partial charge in [-0.05, 0) is 38.0 Å². The minimum Gasteiger partial charge on any atom is -0.507 e. The molecule has 7 nitrogen and oxygen atoms in total. The van der Waals surface area contributed by atoms with E-state index in [-0.39, 0.29) is 16.9 Å². The second-order valence-electron chi connectivity index (χ2n) is 8.03. The number of β-amino-alcohol motifs (C(OH)–C–C–N with tert-alkyl or cyclic N) is 1. The molecule has 0 bridgehead atoms. The number of hydrogen-bond acceptors (Lipinski definition) is 5. The maximum atomic E-state index is 11.4. The zero-order valence-electron chi connectivity index (χ0n) is 17.2. The number of primary amides is 1. The van der Waals surface area contributed by atoms with Crippen LogP contribution in [0.3, 0.4) is 0 Å². The molecule has 0 radical (unpaired) electrons. The summed E-state index contributed by atoms with van der Waals surface area (Å²) in [6.45, 7) is 5.22. The van der Waals surface area contributed by atoms with Gasteiger partial charge in [0, 0.05) is 30.4 Å². The van der Waals surface area contributed by atoms with Gasteiger partial charge in [-0.15, -0.1) is 0 Å². The van der Waals surface area contributed by atoms with Crippen LogP contribution in [-0.2, 0) is 6.54 Å². The minimum atomic E-state index is -0.832. The minimum absolute atomic E-state index is 0.000128. The molecule has 5 N–H and O–H groups in total. The maximum absolute atomic E-state index is 11.4. The Morgan fingerprint density at radius 1 is 1.23 bits per heavy atom. The van der Waals surface area contributed by atoms with Crippen molar-refractivity contribution in [2.75, 3.05) is 6.54 Å². The molecule has 0 aliphatic carbocycles. The van der Waals surface area contributed by atoms with E-state index in [0.29, 0.717) is 12.1 Å². The van der Waals surface area contributed by atoms with Gasteiger partial charge in [0.1, 0.15) is 5.75 Å².